The van der Waals surface area contributed by atoms with Crippen molar-refractivity contribution >= 4 is 28.8 Å². The smallest absolute Gasteiger partial charge is 0.329 e. The molecule has 0 amide bonds. The minimum atomic E-state index is -0.581. The molecule has 0 aromatic carbocycles. The Morgan fingerprint density at radius 1 is 1.58 bits per heavy atom. The van der Waals surface area contributed by atoms with Gasteiger partial charge in [-0.2, -0.15) is 4.98 Å². The van der Waals surface area contributed by atoms with Gasteiger partial charge >= 0.3 is 5.69 Å². The van der Waals surface area contributed by atoms with Crippen molar-refractivity contribution in [2.75, 3.05) is 31.2 Å². The predicted octanol–water partition coefficient (Wildman–Crippen LogP) is 2.52. The normalized spacial score (nSPS) is 21.5. The van der Waals surface area contributed by atoms with Crippen LogP contribution in [-0.4, -0.2) is 39.9 Å². The summed E-state index contributed by atoms with van der Waals surface area (Å²) < 4.78 is 0. The molecular weight excluding hydrogens is 328 g/mol. The molecule has 2 aromatic heterocycles. The molecule has 24 heavy (non-hydrogen) atoms. The van der Waals surface area contributed by atoms with Crippen molar-refractivity contribution in [2.45, 2.75) is 18.9 Å². The van der Waals surface area contributed by atoms with Crippen LogP contribution >= 0.6 is 11.3 Å². The monoisotopic (exact) mass is 348 g/mol. The van der Waals surface area contributed by atoms with E-state index in [0.717, 1.165) is 25.6 Å². The first-order valence-electron chi connectivity index (χ1n) is 7.80. The summed E-state index contributed by atoms with van der Waals surface area (Å²) in [6.45, 7) is 1.78. The first-order valence-corrected chi connectivity index (χ1v) is 8.68. The van der Waals surface area contributed by atoms with Gasteiger partial charge in [-0.05, 0) is 43.8 Å². The van der Waals surface area contributed by atoms with E-state index in [2.05, 4.69) is 44.7 Å². The third-order valence-electron chi connectivity index (χ3n) is 4.36. The van der Waals surface area contributed by atoms with Gasteiger partial charge in [0.1, 0.15) is 6.20 Å². The Balaban J connectivity index is 1.70. The summed E-state index contributed by atoms with van der Waals surface area (Å²) in [6.07, 6.45) is 3.41. The first kappa shape index (κ1) is 16.6. The third-order valence-corrected chi connectivity index (χ3v) is 5.30. The summed E-state index contributed by atoms with van der Waals surface area (Å²) in [4.78, 5) is 21.9. The minimum Gasteiger partial charge on any atom is -0.378 e. The van der Waals surface area contributed by atoms with Crippen LogP contribution in [0, 0.1) is 16.0 Å². The van der Waals surface area contributed by atoms with Crippen LogP contribution in [-0.2, 0) is 0 Å². The predicted molar refractivity (Wildman–Crippen MR) is 94.0 cm³/mol. The molecule has 8 nitrogen and oxygen atoms in total. The van der Waals surface area contributed by atoms with Gasteiger partial charge in [0.25, 0.3) is 0 Å². The molecule has 9 heteroatoms. The molecule has 3 heterocycles. The molecule has 3 rings (SSSR count). The third kappa shape index (κ3) is 3.46. The molecule has 2 atom stereocenters. The number of piperidine rings is 1. The molecular formula is C15H20N6O2S. The van der Waals surface area contributed by atoms with Gasteiger partial charge < -0.3 is 11.1 Å². The van der Waals surface area contributed by atoms with Crippen LogP contribution in [0.2, 0.25) is 0 Å². The van der Waals surface area contributed by atoms with E-state index in [-0.39, 0.29) is 11.5 Å². The number of anilines is 2. The fraction of sp³-hybridized carbons (Fsp3) is 0.467. The number of nitro groups is 1. The van der Waals surface area contributed by atoms with E-state index in [4.69, 9.17) is 5.73 Å². The van der Waals surface area contributed by atoms with Crippen LogP contribution in [0.3, 0.4) is 0 Å². The quantitative estimate of drug-likeness (QED) is 0.631. The molecule has 0 radical (unpaired) electrons. The zero-order valence-corrected chi connectivity index (χ0v) is 14.2. The highest BCUT2D eigenvalue weighted by Gasteiger charge is 2.31. The van der Waals surface area contributed by atoms with E-state index in [9.17, 15) is 10.1 Å². The van der Waals surface area contributed by atoms with Crippen molar-refractivity contribution in [1.82, 2.24) is 14.9 Å². The number of nitrogen functional groups attached to an aromatic ring is 1. The first-order chi connectivity index (χ1) is 11.6. The number of nitrogens with one attached hydrogen (secondary N) is 1. The zero-order chi connectivity index (χ0) is 17.1. The fourth-order valence-corrected chi connectivity index (χ4v) is 4.20. The molecule has 0 bridgehead atoms. The largest absolute Gasteiger partial charge is 0.378 e. The molecule has 0 unspecified atom stereocenters. The molecule has 0 aliphatic carbocycles. The van der Waals surface area contributed by atoms with Crippen LogP contribution in [0.4, 0.5) is 17.5 Å². The Kier molecular flexibility index (Phi) is 4.91. The van der Waals surface area contributed by atoms with Gasteiger partial charge in [0.05, 0.1) is 4.92 Å². The number of rotatable bonds is 5. The Morgan fingerprint density at radius 2 is 2.42 bits per heavy atom. The van der Waals surface area contributed by atoms with Crippen molar-refractivity contribution in [2.24, 2.45) is 5.92 Å². The van der Waals surface area contributed by atoms with E-state index in [1.54, 1.807) is 11.3 Å². The lowest BCUT2D eigenvalue weighted by Crippen LogP contribution is -2.38. The van der Waals surface area contributed by atoms with Gasteiger partial charge in [-0.1, -0.05) is 6.07 Å². The van der Waals surface area contributed by atoms with E-state index in [1.807, 2.05) is 0 Å². The number of hydrogen-bond donors (Lipinski definition) is 2. The van der Waals surface area contributed by atoms with Crippen molar-refractivity contribution in [3.63, 3.8) is 0 Å². The average molecular weight is 348 g/mol. The molecule has 1 saturated heterocycles. The van der Waals surface area contributed by atoms with E-state index in [1.165, 1.54) is 4.88 Å². The number of likely N-dealkylation sites (tertiary alicyclic amines) is 1. The summed E-state index contributed by atoms with van der Waals surface area (Å²) in [5, 5.41) is 16.1. The average Bonchev–Trinajstić information content (AvgIpc) is 3.06. The van der Waals surface area contributed by atoms with Crippen LogP contribution < -0.4 is 11.1 Å². The van der Waals surface area contributed by atoms with Crippen molar-refractivity contribution in [3.05, 3.63) is 38.7 Å². The number of aromatic nitrogens is 2. The Labute approximate surface area is 143 Å². The van der Waals surface area contributed by atoms with E-state index < -0.39 is 4.92 Å². The van der Waals surface area contributed by atoms with E-state index in [0.29, 0.717) is 24.5 Å². The maximum atomic E-state index is 10.8. The molecule has 1 aliphatic rings. The molecule has 0 saturated carbocycles. The van der Waals surface area contributed by atoms with Crippen LogP contribution in [0.15, 0.2) is 23.7 Å². The molecule has 2 aromatic rings. The highest BCUT2D eigenvalue weighted by atomic mass is 32.1. The number of nitrogens with zero attached hydrogens (tertiary/aromatic N) is 4. The molecule has 3 N–H and O–H groups in total. The summed E-state index contributed by atoms with van der Waals surface area (Å²) in [7, 11) is 2.15. The summed E-state index contributed by atoms with van der Waals surface area (Å²) in [6, 6.07) is 4.61. The van der Waals surface area contributed by atoms with Gasteiger partial charge in [0.2, 0.25) is 11.8 Å². The summed E-state index contributed by atoms with van der Waals surface area (Å²) >= 11 is 1.77. The second kappa shape index (κ2) is 7.10. The standard InChI is InChI=1S/C15H20N6O2S/c1-20-6-2-4-10(13(20)12-5-3-7-24-12)8-17-15-18-9-11(21(22)23)14(16)19-15/h3,5,7,9-10,13H,2,4,6,8H2,1H3,(H3,16,17,18,19)/t10-,13+/m1/s1. The number of nitrogens with two attached hydrogens (primary N) is 1. The van der Waals surface area contributed by atoms with Crippen molar-refractivity contribution in [1.29, 1.82) is 0 Å². The van der Waals surface area contributed by atoms with Crippen molar-refractivity contribution in [3.8, 4) is 0 Å². The Hall–Kier alpha value is -2.26. The van der Waals surface area contributed by atoms with Crippen LogP contribution in [0.1, 0.15) is 23.8 Å². The summed E-state index contributed by atoms with van der Waals surface area (Å²) in [5.41, 5.74) is 5.35. The molecule has 0 spiro atoms. The molecule has 128 valence electrons. The van der Waals surface area contributed by atoms with Crippen LogP contribution in [0.25, 0.3) is 0 Å². The fourth-order valence-electron chi connectivity index (χ4n) is 3.22. The Morgan fingerprint density at radius 3 is 3.08 bits per heavy atom. The second-order valence-electron chi connectivity index (χ2n) is 5.95. The topological polar surface area (TPSA) is 110 Å². The van der Waals surface area contributed by atoms with Gasteiger partial charge in [-0.25, -0.2) is 4.98 Å². The van der Waals surface area contributed by atoms with Crippen LogP contribution in [0.5, 0.6) is 0 Å². The van der Waals surface area contributed by atoms with Gasteiger partial charge in [-0.15, -0.1) is 11.3 Å². The van der Waals surface area contributed by atoms with E-state index >= 15 is 0 Å². The number of hydrogen-bond acceptors (Lipinski definition) is 8. The zero-order valence-electron chi connectivity index (χ0n) is 13.4. The summed E-state index contributed by atoms with van der Waals surface area (Å²) in [5.74, 6) is 0.631. The lowest BCUT2D eigenvalue weighted by atomic mass is 9.88. The minimum absolute atomic E-state index is 0.118. The van der Waals surface area contributed by atoms with Gasteiger partial charge in [0.15, 0.2) is 0 Å². The second-order valence-corrected chi connectivity index (χ2v) is 6.92. The van der Waals surface area contributed by atoms with Crippen molar-refractivity contribution < 1.29 is 4.92 Å². The highest BCUT2D eigenvalue weighted by molar-refractivity contribution is 7.10. The maximum absolute atomic E-state index is 10.8. The Bertz CT molecular complexity index is 708. The maximum Gasteiger partial charge on any atom is 0.329 e. The lowest BCUT2D eigenvalue weighted by molar-refractivity contribution is -0.384. The highest BCUT2D eigenvalue weighted by Crippen LogP contribution is 2.37. The number of thiophene rings is 1. The van der Waals surface area contributed by atoms with Gasteiger partial charge in [-0.3, -0.25) is 15.0 Å². The lowest BCUT2D eigenvalue weighted by Gasteiger charge is -2.38. The van der Waals surface area contributed by atoms with Gasteiger partial charge in [0, 0.05) is 17.5 Å². The molecule has 1 fully saturated rings. The molecule has 1 aliphatic heterocycles. The SMILES string of the molecule is CN1CCC[C@H](CNc2ncc([N+](=O)[O-])c(N)n2)[C@H]1c1cccs1.